The van der Waals surface area contributed by atoms with Crippen LogP contribution in [0.15, 0.2) is 48.5 Å². The van der Waals surface area contributed by atoms with E-state index in [1.54, 1.807) is 6.07 Å². The topological polar surface area (TPSA) is 41.6 Å². The molecule has 1 amide bonds. The van der Waals surface area contributed by atoms with Gasteiger partial charge in [0.2, 0.25) is 0 Å². The zero-order valence-electron chi connectivity index (χ0n) is 14.4. The monoisotopic (exact) mass is 342 g/mol. The first-order chi connectivity index (χ1) is 12.2. The highest BCUT2D eigenvalue weighted by atomic mass is 19.1. The zero-order chi connectivity index (χ0) is 17.6. The van der Waals surface area contributed by atoms with Crippen LogP contribution >= 0.6 is 0 Å². The van der Waals surface area contributed by atoms with Gasteiger partial charge in [-0.05, 0) is 43.1 Å². The number of piperidine rings is 1. The van der Waals surface area contributed by atoms with Crippen LogP contribution in [-0.4, -0.2) is 37.0 Å². The van der Waals surface area contributed by atoms with E-state index in [1.807, 2.05) is 18.2 Å². The molecule has 132 valence electrons. The number of carbonyl (C=O) groups is 1. The summed E-state index contributed by atoms with van der Waals surface area (Å²) < 4.78 is 18.7. The summed E-state index contributed by atoms with van der Waals surface area (Å²) in [6.45, 7) is 2.71. The van der Waals surface area contributed by atoms with Crippen LogP contribution in [0.5, 0.6) is 5.75 Å². The number of nitrogens with one attached hydrogen (secondary N) is 1. The van der Waals surface area contributed by atoms with Crippen LogP contribution in [0.4, 0.5) is 4.39 Å². The summed E-state index contributed by atoms with van der Waals surface area (Å²) in [6.07, 6.45) is 1.98. The lowest BCUT2D eigenvalue weighted by atomic mass is 10.0. The standard InChI is InChI=1S/C20H23FN2O2/c1-25-19-10-9-16(12-18(19)21)20(24)22-17-8-5-11-23(14-17)13-15-6-3-2-4-7-15/h2-4,6-7,9-10,12,17H,5,8,11,13-14H2,1H3,(H,22,24). The zero-order valence-corrected chi connectivity index (χ0v) is 14.4. The Labute approximate surface area is 147 Å². The van der Waals surface area contributed by atoms with Gasteiger partial charge in [0.05, 0.1) is 7.11 Å². The minimum atomic E-state index is -0.524. The molecule has 1 heterocycles. The smallest absolute Gasteiger partial charge is 0.251 e. The van der Waals surface area contributed by atoms with E-state index in [0.717, 1.165) is 32.5 Å². The van der Waals surface area contributed by atoms with Crippen molar-refractivity contribution in [2.45, 2.75) is 25.4 Å². The molecule has 1 unspecified atom stereocenters. The molecule has 1 fully saturated rings. The Balaban J connectivity index is 1.58. The first-order valence-corrected chi connectivity index (χ1v) is 8.56. The highest BCUT2D eigenvalue weighted by Crippen LogP contribution is 2.18. The summed E-state index contributed by atoms with van der Waals surface area (Å²) in [6, 6.07) is 14.7. The van der Waals surface area contributed by atoms with Gasteiger partial charge in [0.25, 0.3) is 5.91 Å². The Morgan fingerprint density at radius 1 is 1.28 bits per heavy atom. The van der Waals surface area contributed by atoms with Crippen LogP contribution in [0.1, 0.15) is 28.8 Å². The fraction of sp³-hybridized carbons (Fsp3) is 0.350. The third-order valence-corrected chi connectivity index (χ3v) is 4.50. The number of halogens is 1. The molecule has 2 aromatic carbocycles. The number of likely N-dealkylation sites (tertiary alicyclic amines) is 1. The van der Waals surface area contributed by atoms with E-state index in [0.29, 0.717) is 5.56 Å². The van der Waals surface area contributed by atoms with Gasteiger partial charge in [-0.2, -0.15) is 0 Å². The lowest BCUT2D eigenvalue weighted by Gasteiger charge is -2.33. The predicted octanol–water partition coefficient (Wildman–Crippen LogP) is 3.23. The summed E-state index contributed by atoms with van der Waals surface area (Å²) in [7, 11) is 1.40. The van der Waals surface area contributed by atoms with Crippen molar-refractivity contribution in [3.63, 3.8) is 0 Å². The second kappa shape index (κ2) is 8.12. The van der Waals surface area contributed by atoms with Crippen LogP contribution in [0.2, 0.25) is 0 Å². The second-order valence-electron chi connectivity index (χ2n) is 6.38. The van der Waals surface area contributed by atoms with E-state index in [-0.39, 0.29) is 17.7 Å². The van der Waals surface area contributed by atoms with Gasteiger partial charge in [-0.1, -0.05) is 30.3 Å². The number of rotatable bonds is 5. The fourth-order valence-corrected chi connectivity index (χ4v) is 3.23. The van der Waals surface area contributed by atoms with Crippen LogP contribution in [0.3, 0.4) is 0 Å². The maximum absolute atomic E-state index is 13.8. The minimum absolute atomic E-state index is 0.0788. The van der Waals surface area contributed by atoms with Gasteiger partial charge >= 0.3 is 0 Å². The van der Waals surface area contributed by atoms with Gasteiger partial charge in [-0.15, -0.1) is 0 Å². The minimum Gasteiger partial charge on any atom is -0.494 e. The van der Waals surface area contributed by atoms with Crippen molar-refractivity contribution >= 4 is 5.91 Å². The summed E-state index contributed by atoms with van der Waals surface area (Å²) in [5.74, 6) is -0.624. The Morgan fingerprint density at radius 3 is 2.80 bits per heavy atom. The molecule has 0 spiro atoms. The molecular formula is C20H23FN2O2. The third kappa shape index (κ3) is 4.57. The van der Waals surface area contributed by atoms with Crippen molar-refractivity contribution in [2.75, 3.05) is 20.2 Å². The number of hydrogen-bond donors (Lipinski definition) is 1. The van der Waals surface area contributed by atoms with Gasteiger partial charge in [0.1, 0.15) is 0 Å². The molecule has 2 aromatic rings. The molecule has 0 radical (unpaired) electrons. The van der Waals surface area contributed by atoms with Crippen LogP contribution in [0.25, 0.3) is 0 Å². The maximum atomic E-state index is 13.8. The number of benzene rings is 2. The Morgan fingerprint density at radius 2 is 2.08 bits per heavy atom. The second-order valence-corrected chi connectivity index (χ2v) is 6.38. The van der Waals surface area contributed by atoms with Crippen molar-refractivity contribution in [1.82, 2.24) is 10.2 Å². The van der Waals surface area contributed by atoms with E-state index in [2.05, 4.69) is 22.3 Å². The maximum Gasteiger partial charge on any atom is 0.251 e. The molecule has 0 aliphatic carbocycles. The number of amides is 1. The molecule has 0 bridgehead atoms. The van der Waals surface area contributed by atoms with Crippen molar-refractivity contribution in [3.8, 4) is 5.75 Å². The molecule has 3 rings (SSSR count). The van der Waals surface area contributed by atoms with Gasteiger partial charge in [0, 0.05) is 24.7 Å². The van der Waals surface area contributed by atoms with E-state index >= 15 is 0 Å². The third-order valence-electron chi connectivity index (χ3n) is 4.50. The van der Waals surface area contributed by atoms with Gasteiger partial charge in [-0.3, -0.25) is 9.69 Å². The largest absolute Gasteiger partial charge is 0.494 e. The summed E-state index contributed by atoms with van der Waals surface area (Å²) >= 11 is 0. The molecule has 1 atom stereocenters. The van der Waals surface area contributed by atoms with Crippen molar-refractivity contribution in [2.24, 2.45) is 0 Å². The molecule has 1 N–H and O–H groups in total. The molecule has 4 nitrogen and oxygen atoms in total. The summed E-state index contributed by atoms with van der Waals surface area (Å²) in [5, 5.41) is 3.03. The van der Waals surface area contributed by atoms with E-state index < -0.39 is 5.82 Å². The molecule has 0 saturated carbocycles. The lowest BCUT2D eigenvalue weighted by molar-refractivity contribution is 0.0900. The molecule has 5 heteroatoms. The van der Waals surface area contributed by atoms with Crippen LogP contribution < -0.4 is 10.1 Å². The summed E-state index contributed by atoms with van der Waals surface area (Å²) in [4.78, 5) is 14.7. The van der Waals surface area contributed by atoms with Gasteiger partial charge in [-0.25, -0.2) is 4.39 Å². The lowest BCUT2D eigenvalue weighted by Crippen LogP contribution is -2.47. The number of nitrogens with zero attached hydrogens (tertiary/aromatic N) is 1. The molecule has 0 aromatic heterocycles. The highest BCUT2D eigenvalue weighted by Gasteiger charge is 2.22. The summed E-state index contributed by atoms with van der Waals surface area (Å²) in [5.41, 5.74) is 1.59. The normalized spacial score (nSPS) is 17.9. The molecule has 1 saturated heterocycles. The van der Waals surface area contributed by atoms with E-state index in [9.17, 15) is 9.18 Å². The Hall–Kier alpha value is -2.40. The average Bonchev–Trinajstić information content (AvgIpc) is 2.63. The first kappa shape index (κ1) is 17.4. The van der Waals surface area contributed by atoms with E-state index in [1.165, 1.54) is 24.8 Å². The van der Waals surface area contributed by atoms with Gasteiger partial charge in [0.15, 0.2) is 11.6 Å². The van der Waals surface area contributed by atoms with Crippen LogP contribution in [-0.2, 0) is 6.54 Å². The van der Waals surface area contributed by atoms with Gasteiger partial charge < -0.3 is 10.1 Å². The number of carbonyl (C=O) groups excluding carboxylic acids is 1. The molecule has 1 aliphatic rings. The Bertz CT molecular complexity index is 721. The quantitative estimate of drug-likeness (QED) is 0.907. The number of ether oxygens (including phenoxy) is 1. The molecular weight excluding hydrogens is 319 g/mol. The average molecular weight is 342 g/mol. The molecule has 25 heavy (non-hydrogen) atoms. The van der Waals surface area contributed by atoms with Crippen molar-refractivity contribution < 1.29 is 13.9 Å². The number of methoxy groups -OCH3 is 1. The Kier molecular flexibility index (Phi) is 5.66. The number of hydrogen-bond acceptors (Lipinski definition) is 3. The SMILES string of the molecule is COc1ccc(C(=O)NC2CCCN(Cc3ccccc3)C2)cc1F. The van der Waals surface area contributed by atoms with E-state index in [4.69, 9.17) is 4.74 Å². The highest BCUT2D eigenvalue weighted by molar-refractivity contribution is 5.94. The van der Waals surface area contributed by atoms with Crippen molar-refractivity contribution in [1.29, 1.82) is 0 Å². The van der Waals surface area contributed by atoms with Crippen molar-refractivity contribution in [3.05, 3.63) is 65.5 Å². The predicted molar refractivity (Wildman–Crippen MR) is 95.2 cm³/mol. The first-order valence-electron chi connectivity index (χ1n) is 8.56. The molecule has 1 aliphatic heterocycles. The fourth-order valence-electron chi connectivity index (χ4n) is 3.23. The van der Waals surface area contributed by atoms with Crippen LogP contribution in [0, 0.1) is 5.82 Å².